The number of carbonyl (C=O) groups excluding carboxylic acids is 1. The molecule has 0 aliphatic rings. The Morgan fingerprint density at radius 3 is 2.83 bits per heavy atom. The number of phenolic OH excluding ortho intramolecular Hbond substituents is 1. The Morgan fingerprint density at radius 1 is 1.38 bits per heavy atom. The number of anilines is 1. The molecule has 0 aliphatic carbocycles. The summed E-state index contributed by atoms with van der Waals surface area (Å²) in [6.45, 7) is 2.47. The van der Waals surface area contributed by atoms with Crippen molar-refractivity contribution in [3.8, 4) is 5.75 Å². The average molecular weight is 327 g/mol. The molecule has 0 fully saturated rings. The molecule has 0 atom stereocenters. The van der Waals surface area contributed by atoms with Crippen LogP contribution in [0.15, 0.2) is 42.7 Å². The number of rotatable bonds is 3. The number of carbonyl (C=O) groups is 1. The second-order valence-electron chi connectivity index (χ2n) is 5.24. The van der Waals surface area contributed by atoms with E-state index in [2.05, 4.69) is 15.3 Å². The Kier molecular flexibility index (Phi) is 5.75. The summed E-state index contributed by atoms with van der Waals surface area (Å²) in [4.78, 5) is 17.4. The maximum Gasteiger partial charge on any atom is 0.317 e. The highest BCUT2D eigenvalue weighted by Gasteiger charge is 2.02. The molecule has 3 aromatic rings. The van der Waals surface area contributed by atoms with E-state index in [1.807, 2.05) is 25.3 Å². The van der Waals surface area contributed by atoms with Crippen LogP contribution < -0.4 is 16.8 Å². The van der Waals surface area contributed by atoms with Crippen LogP contribution in [0.3, 0.4) is 0 Å². The van der Waals surface area contributed by atoms with Gasteiger partial charge in [-0.05, 0) is 55.3 Å². The molecule has 24 heavy (non-hydrogen) atoms. The molecule has 0 spiro atoms. The first-order valence-corrected chi connectivity index (χ1v) is 7.48. The average Bonchev–Trinajstić information content (AvgIpc) is 2.93. The van der Waals surface area contributed by atoms with Gasteiger partial charge in [0.05, 0.1) is 0 Å². The zero-order valence-electron chi connectivity index (χ0n) is 13.4. The van der Waals surface area contributed by atoms with Crippen LogP contribution >= 0.6 is 0 Å². The molecule has 7 heteroatoms. The van der Waals surface area contributed by atoms with Gasteiger partial charge in [0.1, 0.15) is 11.6 Å². The Bertz CT molecular complexity index is 829. The lowest BCUT2D eigenvalue weighted by atomic mass is 10.1. The van der Waals surface area contributed by atoms with Gasteiger partial charge in [-0.15, -0.1) is 0 Å². The monoisotopic (exact) mass is 327 g/mol. The zero-order valence-corrected chi connectivity index (χ0v) is 13.4. The Balaban J connectivity index is 0.000000177. The van der Waals surface area contributed by atoms with E-state index in [4.69, 9.17) is 11.5 Å². The lowest BCUT2D eigenvalue weighted by Crippen LogP contribution is -2.20. The minimum absolute atomic E-state index is 0.297. The molecule has 0 unspecified atom stereocenters. The second-order valence-corrected chi connectivity index (χ2v) is 5.24. The lowest BCUT2D eigenvalue weighted by Gasteiger charge is -2.02. The van der Waals surface area contributed by atoms with Crippen molar-refractivity contribution in [3.63, 3.8) is 0 Å². The Hall–Kier alpha value is -3.06. The molecule has 2 heterocycles. The largest absolute Gasteiger partial charge is 0.508 e. The molecule has 2 aromatic heterocycles. The lowest BCUT2D eigenvalue weighted by molar-refractivity contribution is 0.259. The highest BCUT2D eigenvalue weighted by Crippen LogP contribution is 2.22. The molecule has 2 amide bonds. The molecule has 126 valence electrons. The fourth-order valence-corrected chi connectivity index (χ4v) is 2.26. The van der Waals surface area contributed by atoms with Crippen LogP contribution in [-0.2, 0) is 6.42 Å². The number of phenols is 1. The topological polar surface area (TPSA) is 130 Å². The first-order valence-electron chi connectivity index (χ1n) is 7.48. The van der Waals surface area contributed by atoms with Gasteiger partial charge in [0.15, 0.2) is 0 Å². The minimum atomic E-state index is -0.591. The Labute approximate surface area is 139 Å². The number of nitrogens with two attached hydrogens (primary N) is 2. The molecule has 0 radical (unpaired) electrons. The van der Waals surface area contributed by atoms with Gasteiger partial charge in [-0.1, -0.05) is 6.07 Å². The predicted molar refractivity (Wildman–Crippen MR) is 94.9 cm³/mol. The number of aryl methyl sites for hydroxylation is 1. The van der Waals surface area contributed by atoms with Crippen LogP contribution in [0, 0.1) is 6.92 Å². The molecule has 0 saturated heterocycles. The first-order chi connectivity index (χ1) is 11.5. The molecule has 3 rings (SSSR count). The van der Waals surface area contributed by atoms with Gasteiger partial charge in [-0.3, -0.25) is 5.32 Å². The van der Waals surface area contributed by atoms with Crippen molar-refractivity contribution in [3.05, 3.63) is 53.9 Å². The zero-order chi connectivity index (χ0) is 17.5. The molecule has 0 aliphatic heterocycles. The van der Waals surface area contributed by atoms with E-state index < -0.39 is 6.03 Å². The second kappa shape index (κ2) is 7.98. The number of H-pyrrole nitrogens is 1. The summed E-state index contributed by atoms with van der Waals surface area (Å²) in [5.41, 5.74) is 13.5. The number of benzene rings is 1. The van der Waals surface area contributed by atoms with Crippen molar-refractivity contribution in [2.45, 2.75) is 13.3 Å². The summed E-state index contributed by atoms with van der Waals surface area (Å²) in [7, 11) is 0. The van der Waals surface area contributed by atoms with Gasteiger partial charge in [-0.2, -0.15) is 0 Å². The summed E-state index contributed by atoms with van der Waals surface area (Å²) >= 11 is 0. The molecule has 7 N–H and O–H groups in total. The summed E-state index contributed by atoms with van der Waals surface area (Å²) < 4.78 is 0. The quantitative estimate of drug-likeness (QED) is 0.505. The van der Waals surface area contributed by atoms with Gasteiger partial charge in [0, 0.05) is 23.3 Å². The number of nitrogens with one attached hydrogen (secondary N) is 2. The number of nitrogens with zero attached hydrogens (tertiary/aromatic N) is 1. The van der Waals surface area contributed by atoms with Gasteiger partial charge < -0.3 is 21.6 Å². The summed E-state index contributed by atoms with van der Waals surface area (Å²) in [6.07, 6.45) is 4.37. The fraction of sp³-hybridized carbons (Fsp3) is 0.176. The molecule has 1 aromatic carbocycles. The van der Waals surface area contributed by atoms with Crippen molar-refractivity contribution < 1.29 is 9.90 Å². The minimum Gasteiger partial charge on any atom is -0.508 e. The van der Waals surface area contributed by atoms with E-state index in [1.165, 1.54) is 0 Å². The van der Waals surface area contributed by atoms with Crippen LogP contribution in [-0.4, -0.2) is 27.7 Å². The standard InChI is InChI=1S/C10H12N2O.C7H9N3O/c11-4-3-7-6-12-10-2-1-8(13)5-9(7)10;1-5-3-2-4-9-6(5)10-7(8)11/h1-2,5-6,12-13H,3-4,11H2;2-4H,1H3,(H3,8,9,10,11). The number of pyridine rings is 1. The van der Waals surface area contributed by atoms with Gasteiger partial charge in [0.25, 0.3) is 0 Å². The Morgan fingerprint density at radius 2 is 2.17 bits per heavy atom. The van der Waals surface area contributed by atoms with E-state index in [1.54, 1.807) is 24.4 Å². The molecule has 0 bridgehead atoms. The van der Waals surface area contributed by atoms with Crippen molar-refractivity contribution in [1.82, 2.24) is 9.97 Å². The summed E-state index contributed by atoms with van der Waals surface area (Å²) in [5, 5.41) is 12.8. The SMILES string of the molecule is Cc1cccnc1NC(N)=O.NCCc1c[nH]c2ccc(O)cc12. The van der Waals surface area contributed by atoms with Crippen LogP contribution in [0.5, 0.6) is 5.75 Å². The van der Waals surface area contributed by atoms with E-state index in [0.29, 0.717) is 18.1 Å². The highest BCUT2D eigenvalue weighted by atomic mass is 16.3. The van der Waals surface area contributed by atoms with Crippen molar-refractivity contribution >= 4 is 22.8 Å². The van der Waals surface area contributed by atoms with Crippen LogP contribution in [0.1, 0.15) is 11.1 Å². The van der Waals surface area contributed by atoms with Crippen LogP contribution in [0.25, 0.3) is 10.9 Å². The van der Waals surface area contributed by atoms with E-state index >= 15 is 0 Å². The number of aromatic nitrogens is 2. The maximum atomic E-state index is 10.4. The molecular formula is C17H21N5O2. The summed E-state index contributed by atoms with van der Waals surface area (Å²) in [6, 6.07) is 8.35. The van der Waals surface area contributed by atoms with E-state index in [0.717, 1.165) is 28.5 Å². The van der Waals surface area contributed by atoms with E-state index in [-0.39, 0.29) is 0 Å². The third kappa shape index (κ3) is 4.47. The number of hydrogen-bond donors (Lipinski definition) is 5. The van der Waals surface area contributed by atoms with Crippen molar-refractivity contribution in [2.24, 2.45) is 11.5 Å². The van der Waals surface area contributed by atoms with Crippen molar-refractivity contribution in [2.75, 3.05) is 11.9 Å². The molecule has 7 nitrogen and oxygen atoms in total. The normalized spacial score (nSPS) is 10.1. The number of primary amides is 1. The van der Waals surface area contributed by atoms with Crippen LogP contribution in [0.4, 0.5) is 10.6 Å². The number of amides is 2. The number of aromatic amines is 1. The fourth-order valence-electron chi connectivity index (χ4n) is 2.26. The van der Waals surface area contributed by atoms with E-state index in [9.17, 15) is 9.90 Å². The van der Waals surface area contributed by atoms with Crippen molar-refractivity contribution in [1.29, 1.82) is 0 Å². The van der Waals surface area contributed by atoms with Crippen LogP contribution in [0.2, 0.25) is 0 Å². The number of hydrogen-bond acceptors (Lipinski definition) is 4. The summed E-state index contributed by atoms with van der Waals surface area (Å²) in [5.74, 6) is 0.811. The van der Waals surface area contributed by atoms with Gasteiger partial charge in [-0.25, -0.2) is 9.78 Å². The third-order valence-electron chi connectivity index (χ3n) is 3.42. The maximum absolute atomic E-state index is 10.4. The number of urea groups is 1. The molecule has 0 saturated carbocycles. The predicted octanol–water partition coefficient (Wildman–Crippen LogP) is 2.26. The smallest absolute Gasteiger partial charge is 0.317 e. The number of aromatic hydroxyl groups is 1. The van der Waals surface area contributed by atoms with Gasteiger partial charge >= 0.3 is 6.03 Å². The highest BCUT2D eigenvalue weighted by molar-refractivity contribution is 5.87. The third-order valence-corrected chi connectivity index (χ3v) is 3.42. The van der Waals surface area contributed by atoms with Gasteiger partial charge in [0.2, 0.25) is 0 Å². The first kappa shape index (κ1) is 17.3. The molecular weight excluding hydrogens is 306 g/mol. The number of fused-ring (bicyclic) bond motifs is 1.